The summed E-state index contributed by atoms with van der Waals surface area (Å²) in [5.41, 5.74) is 2.10. The summed E-state index contributed by atoms with van der Waals surface area (Å²) in [6, 6.07) is 45.6. The molecule has 1 heterocycles. The Labute approximate surface area is 198 Å². The van der Waals surface area contributed by atoms with E-state index in [0.717, 1.165) is 15.7 Å². The fourth-order valence-corrected chi connectivity index (χ4v) is 8.77. The van der Waals surface area contributed by atoms with Gasteiger partial charge in [0.15, 0.2) is 0 Å². The smallest absolute Gasteiger partial charge is 0.144 e. The minimum atomic E-state index is -2.11. The van der Waals surface area contributed by atoms with Crippen LogP contribution in [0.1, 0.15) is 0 Å². The summed E-state index contributed by atoms with van der Waals surface area (Å²) in [6.07, 6.45) is 1.95. The van der Waals surface area contributed by atoms with Gasteiger partial charge in [-0.25, -0.2) is 0 Å². The van der Waals surface area contributed by atoms with Gasteiger partial charge in [-0.05, 0) is 54.6 Å². The first-order valence-electron chi connectivity index (χ1n) is 10.6. The standard InChI is InChI=1S/C29H22BrNP/c30-24-18-16-23(17-19-24)29-22-28(20-21-31-29)32(25-10-4-1-5-11-25,26-12-6-2-7-13-26)27-14-8-3-9-15-27/h1-22H/q+1. The summed E-state index contributed by atoms with van der Waals surface area (Å²) in [7, 11) is -2.11. The molecule has 0 aliphatic heterocycles. The van der Waals surface area contributed by atoms with Crippen LogP contribution in [0.25, 0.3) is 11.3 Å². The fraction of sp³-hybridized carbons (Fsp3) is 0. The zero-order chi connectivity index (χ0) is 21.8. The number of hydrogen-bond acceptors (Lipinski definition) is 1. The van der Waals surface area contributed by atoms with Crippen molar-refractivity contribution in [3.8, 4) is 11.3 Å². The molecule has 0 unspecified atom stereocenters. The van der Waals surface area contributed by atoms with E-state index in [2.05, 4.69) is 143 Å². The summed E-state index contributed by atoms with van der Waals surface area (Å²) in [5.74, 6) is 0. The Hall–Kier alpha value is -3.06. The van der Waals surface area contributed by atoms with Crippen LogP contribution < -0.4 is 21.2 Å². The molecule has 0 bridgehead atoms. The lowest BCUT2D eigenvalue weighted by Gasteiger charge is -2.27. The first-order chi connectivity index (χ1) is 15.8. The zero-order valence-electron chi connectivity index (χ0n) is 17.5. The van der Waals surface area contributed by atoms with Gasteiger partial charge in [0.1, 0.15) is 28.5 Å². The molecule has 32 heavy (non-hydrogen) atoms. The zero-order valence-corrected chi connectivity index (χ0v) is 20.0. The van der Waals surface area contributed by atoms with E-state index in [-0.39, 0.29) is 0 Å². The van der Waals surface area contributed by atoms with Crippen LogP contribution in [0.15, 0.2) is 138 Å². The number of benzene rings is 4. The molecule has 0 amide bonds. The second-order valence-electron chi connectivity index (χ2n) is 7.58. The molecule has 1 aromatic heterocycles. The maximum Gasteiger partial charge on any atom is 0.144 e. The van der Waals surface area contributed by atoms with E-state index in [1.807, 2.05) is 6.20 Å². The number of aromatic nitrogens is 1. The maximum atomic E-state index is 4.74. The first kappa shape index (κ1) is 20.8. The minimum absolute atomic E-state index is 0.988. The third-order valence-corrected chi connectivity index (χ3v) is 10.5. The molecule has 0 radical (unpaired) electrons. The quantitative estimate of drug-likeness (QED) is 0.268. The average molecular weight is 495 g/mol. The molecule has 4 aromatic carbocycles. The molecule has 0 saturated heterocycles. The van der Waals surface area contributed by atoms with Gasteiger partial charge in [0.2, 0.25) is 0 Å². The highest BCUT2D eigenvalue weighted by molar-refractivity contribution is 9.10. The molecule has 0 N–H and O–H groups in total. The van der Waals surface area contributed by atoms with Crippen LogP contribution in [0.3, 0.4) is 0 Å². The van der Waals surface area contributed by atoms with Crippen molar-refractivity contribution in [2.45, 2.75) is 0 Å². The molecule has 0 aliphatic rings. The Balaban J connectivity index is 1.83. The Morgan fingerprint density at radius 2 is 0.969 bits per heavy atom. The van der Waals surface area contributed by atoms with Gasteiger partial charge in [0.05, 0.1) is 5.69 Å². The third kappa shape index (κ3) is 3.81. The lowest BCUT2D eigenvalue weighted by atomic mass is 10.1. The molecule has 5 rings (SSSR count). The topological polar surface area (TPSA) is 12.9 Å². The summed E-state index contributed by atoms with van der Waals surface area (Å²) in [4.78, 5) is 4.74. The van der Waals surface area contributed by atoms with E-state index < -0.39 is 7.26 Å². The summed E-state index contributed by atoms with van der Waals surface area (Å²) in [6.45, 7) is 0. The molecule has 0 spiro atoms. The van der Waals surface area contributed by atoms with Gasteiger partial charge in [-0.1, -0.05) is 82.7 Å². The summed E-state index contributed by atoms with van der Waals surface area (Å²) >= 11 is 3.54. The molecule has 3 heteroatoms. The molecule has 0 atom stereocenters. The van der Waals surface area contributed by atoms with Crippen molar-refractivity contribution < 1.29 is 0 Å². The second kappa shape index (κ2) is 9.20. The van der Waals surface area contributed by atoms with Crippen molar-refractivity contribution in [2.24, 2.45) is 0 Å². The largest absolute Gasteiger partial charge is 0.256 e. The van der Waals surface area contributed by atoms with Crippen molar-refractivity contribution in [1.29, 1.82) is 0 Å². The highest BCUT2D eigenvalue weighted by atomic mass is 79.9. The Kier molecular flexibility index (Phi) is 5.99. The molecule has 0 aliphatic carbocycles. The van der Waals surface area contributed by atoms with E-state index in [0.29, 0.717) is 0 Å². The van der Waals surface area contributed by atoms with Crippen LogP contribution in [0.2, 0.25) is 0 Å². The molecule has 0 saturated carbocycles. The van der Waals surface area contributed by atoms with Crippen LogP contribution in [-0.2, 0) is 0 Å². The van der Waals surface area contributed by atoms with Crippen LogP contribution in [0.5, 0.6) is 0 Å². The Morgan fingerprint density at radius 3 is 1.44 bits per heavy atom. The fourth-order valence-electron chi connectivity index (χ4n) is 4.26. The van der Waals surface area contributed by atoms with Gasteiger partial charge in [-0.2, -0.15) is 0 Å². The lowest BCUT2D eigenvalue weighted by Crippen LogP contribution is -2.38. The third-order valence-electron chi connectivity index (χ3n) is 5.70. The maximum absolute atomic E-state index is 4.74. The SMILES string of the molecule is Brc1ccc(-c2cc([P+](c3ccccc3)(c3ccccc3)c3ccccc3)ccn2)cc1. The van der Waals surface area contributed by atoms with E-state index in [1.54, 1.807) is 0 Å². The molecular weight excluding hydrogens is 473 g/mol. The molecule has 5 aromatic rings. The lowest BCUT2D eigenvalue weighted by molar-refractivity contribution is 1.34. The second-order valence-corrected chi connectivity index (χ2v) is 11.9. The van der Waals surface area contributed by atoms with Gasteiger partial charge in [0.25, 0.3) is 0 Å². The van der Waals surface area contributed by atoms with Crippen molar-refractivity contribution in [3.05, 3.63) is 138 Å². The number of halogens is 1. The van der Waals surface area contributed by atoms with E-state index in [9.17, 15) is 0 Å². The highest BCUT2D eigenvalue weighted by Gasteiger charge is 2.47. The predicted octanol–water partition coefficient (Wildman–Crippen LogP) is 6.13. The van der Waals surface area contributed by atoms with Gasteiger partial charge in [-0.3, -0.25) is 4.98 Å². The highest BCUT2D eigenvalue weighted by Crippen LogP contribution is 2.54. The predicted molar refractivity (Wildman–Crippen MR) is 142 cm³/mol. The molecule has 0 fully saturated rings. The van der Waals surface area contributed by atoms with Crippen LogP contribution in [-0.4, -0.2) is 4.98 Å². The van der Waals surface area contributed by atoms with Gasteiger partial charge >= 0.3 is 0 Å². The van der Waals surface area contributed by atoms with Gasteiger partial charge in [-0.15, -0.1) is 0 Å². The Morgan fingerprint density at radius 1 is 0.500 bits per heavy atom. The van der Waals surface area contributed by atoms with Crippen LogP contribution in [0.4, 0.5) is 0 Å². The van der Waals surface area contributed by atoms with Crippen LogP contribution in [0, 0.1) is 0 Å². The normalized spacial score (nSPS) is 11.3. The van der Waals surface area contributed by atoms with E-state index in [1.165, 1.54) is 21.2 Å². The van der Waals surface area contributed by atoms with E-state index >= 15 is 0 Å². The number of pyridine rings is 1. The summed E-state index contributed by atoms with van der Waals surface area (Å²) < 4.78 is 1.07. The number of hydrogen-bond donors (Lipinski definition) is 0. The number of nitrogens with zero attached hydrogens (tertiary/aromatic N) is 1. The van der Waals surface area contributed by atoms with Crippen molar-refractivity contribution in [2.75, 3.05) is 0 Å². The van der Waals surface area contributed by atoms with Crippen molar-refractivity contribution >= 4 is 44.4 Å². The van der Waals surface area contributed by atoms with E-state index in [4.69, 9.17) is 4.98 Å². The molecule has 1 nitrogen and oxygen atoms in total. The first-order valence-corrected chi connectivity index (χ1v) is 13.1. The van der Waals surface area contributed by atoms with Gasteiger partial charge in [0, 0.05) is 22.3 Å². The summed E-state index contributed by atoms with van der Waals surface area (Å²) in [5, 5.41) is 5.31. The van der Waals surface area contributed by atoms with Gasteiger partial charge < -0.3 is 0 Å². The monoisotopic (exact) mass is 494 g/mol. The van der Waals surface area contributed by atoms with Crippen LogP contribution >= 0.6 is 23.2 Å². The average Bonchev–Trinajstić information content (AvgIpc) is 2.87. The molecular formula is C29H22BrNP+. The Bertz CT molecular complexity index is 1210. The number of rotatable bonds is 5. The molecule has 154 valence electrons. The van der Waals surface area contributed by atoms with Crippen molar-refractivity contribution in [1.82, 2.24) is 4.98 Å². The van der Waals surface area contributed by atoms with Crippen molar-refractivity contribution in [3.63, 3.8) is 0 Å². The minimum Gasteiger partial charge on any atom is -0.256 e.